The maximum Gasteiger partial charge on any atom is 0.327 e. The highest BCUT2D eigenvalue weighted by atomic mass is 32.2. The summed E-state index contributed by atoms with van der Waals surface area (Å²) in [6.45, 7) is 3.18. The van der Waals surface area contributed by atoms with E-state index in [1.54, 1.807) is 6.92 Å². The van der Waals surface area contributed by atoms with Gasteiger partial charge in [-0.15, -0.1) is 0 Å². The van der Waals surface area contributed by atoms with Crippen molar-refractivity contribution in [3.8, 4) is 28.5 Å². The molecule has 0 aliphatic heterocycles. The van der Waals surface area contributed by atoms with E-state index in [1.807, 2.05) is 66.7 Å². The number of benzene rings is 2. The second-order valence-electron chi connectivity index (χ2n) is 6.44. The molecule has 3 aromatic rings. The smallest absolute Gasteiger partial charge is 0.327 e. The molecule has 0 fully saturated rings. The third-order valence-electron chi connectivity index (χ3n) is 4.35. The van der Waals surface area contributed by atoms with E-state index in [1.165, 1.54) is 6.92 Å². The number of ether oxygens (including phenoxy) is 1. The van der Waals surface area contributed by atoms with Crippen LogP contribution in [0, 0.1) is 11.3 Å². The van der Waals surface area contributed by atoms with Crippen LogP contribution in [0.5, 0.6) is 0 Å². The van der Waals surface area contributed by atoms with E-state index in [4.69, 9.17) is 4.74 Å². The SMILES string of the molecule is CCOC(=O)C(Sc1nc(-c2ccccc2)cc(-c2ccccc2)c1C#N)C(C)=O. The first-order chi connectivity index (χ1) is 14.5. The lowest BCUT2D eigenvalue weighted by molar-refractivity contribution is -0.144. The molecule has 0 aliphatic carbocycles. The van der Waals surface area contributed by atoms with Crippen LogP contribution in [-0.4, -0.2) is 28.6 Å². The van der Waals surface area contributed by atoms with Gasteiger partial charge in [0.05, 0.1) is 17.9 Å². The van der Waals surface area contributed by atoms with Gasteiger partial charge in [-0.2, -0.15) is 5.26 Å². The fourth-order valence-electron chi connectivity index (χ4n) is 2.94. The number of nitrogens with zero attached hydrogens (tertiary/aromatic N) is 2. The first-order valence-electron chi connectivity index (χ1n) is 9.44. The summed E-state index contributed by atoms with van der Waals surface area (Å²) in [5.74, 6) is -0.984. The van der Waals surface area contributed by atoms with Gasteiger partial charge in [-0.05, 0) is 25.5 Å². The molecule has 0 saturated carbocycles. The molecule has 1 heterocycles. The number of esters is 1. The molecule has 0 saturated heterocycles. The van der Waals surface area contributed by atoms with Gasteiger partial charge in [0.1, 0.15) is 11.1 Å². The lowest BCUT2D eigenvalue weighted by Crippen LogP contribution is -2.27. The summed E-state index contributed by atoms with van der Waals surface area (Å²) in [5, 5.41) is 9.15. The number of hydrogen-bond donors (Lipinski definition) is 0. The van der Waals surface area contributed by atoms with Crippen molar-refractivity contribution in [3.05, 3.63) is 72.3 Å². The Kier molecular flexibility index (Phi) is 6.99. The predicted molar refractivity (Wildman–Crippen MR) is 117 cm³/mol. The van der Waals surface area contributed by atoms with E-state index in [2.05, 4.69) is 11.1 Å². The Labute approximate surface area is 179 Å². The summed E-state index contributed by atoms with van der Waals surface area (Å²) in [5.41, 5.74) is 3.40. The molecular formula is C24H20N2O3S. The average Bonchev–Trinajstić information content (AvgIpc) is 2.78. The molecular weight excluding hydrogens is 396 g/mol. The number of thioether (sulfide) groups is 1. The van der Waals surface area contributed by atoms with Crippen LogP contribution in [0.25, 0.3) is 22.4 Å². The lowest BCUT2D eigenvalue weighted by Gasteiger charge is -2.16. The van der Waals surface area contributed by atoms with Crippen LogP contribution in [-0.2, 0) is 14.3 Å². The van der Waals surface area contributed by atoms with E-state index in [-0.39, 0.29) is 12.4 Å². The van der Waals surface area contributed by atoms with E-state index < -0.39 is 11.2 Å². The molecule has 1 unspecified atom stereocenters. The molecule has 30 heavy (non-hydrogen) atoms. The molecule has 5 nitrogen and oxygen atoms in total. The summed E-state index contributed by atoms with van der Waals surface area (Å²) >= 11 is 0.956. The number of rotatable bonds is 7. The van der Waals surface area contributed by atoms with E-state index in [0.29, 0.717) is 21.8 Å². The van der Waals surface area contributed by atoms with Gasteiger partial charge in [0.25, 0.3) is 0 Å². The maximum absolute atomic E-state index is 12.3. The molecule has 3 rings (SSSR count). The van der Waals surface area contributed by atoms with E-state index in [9.17, 15) is 14.9 Å². The summed E-state index contributed by atoms with van der Waals surface area (Å²) < 4.78 is 5.05. The molecule has 0 N–H and O–H groups in total. The highest BCUT2D eigenvalue weighted by molar-refractivity contribution is 8.01. The van der Waals surface area contributed by atoms with Crippen LogP contribution in [0.1, 0.15) is 19.4 Å². The standard InChI is InChI=1S/C24H20N2O3S/c1-3-29-24(28)22(16(2)27)30-23-20(15-25)19(17-10-6-4-7-11-17)14-21(26-23)18-12-8-5-9-13-18/h4-14,22H,3H2,1-2H3. The first kappa shape index (κ1) is 21.3. The first-order valence-corrected chi connectivity index (χ1v) is 10.3. The van der Waals surface area contributed by atoms with Crippen LogP contribution in [0.2, 0.25) is 0 Å². The number of Topliss-reactive ketones (excluding diaryl/α,β-unsaturated/α-hetero) is 1. The monoisotopic (exact) mass is 416 g/mol. The van der Waals surface area contributed by atoms with Crippen LogP contribution >= 0.6 is 11.8 Å². The maximum atomic E-state index is 12.3. The molecule has 0 amide bonds. The van der Waals surface area contributed by atoms with Gasteiger partial charge in [-0.3, -0.25) is 9.59 Å². The van der Waals surface area contributed by atoms with Crippen molar-refractivity contribution < 1.29 is 14.3 Å². The number of ketones is 1. The third kappa shape index (κ3) is 4.76. The number of aromatic nitrogens is 1. The van der Waals surface area contributed by atoms with Crippen molar-refractivity contribution in [1.82, 2.24) is 4.98 Å². The van der Waals surface area contributed by atoms with Crippen LogP contribution < -0.4 is 0 Å². The molecule has 0 radical (unpaired) electrons. The van der Waals surface area contributed by atoms with Gasteiger partial charge >= 0.3 is 5.97 Å². The van der Waals surface area contributed by atoms with Crippen LogP contribution in [0.3, 0.4) is 0 Å². The molecule has 6 heteroatoms. The van der Waals surface area contributed by atoms with Crippen molar-refractivity contribution in [2.45, 2.75) is 24.1 Å². The number of carbonyl (C=O) groups is 2. The molecule has 0 spiro atoms. The van der Waals surface area contributed by atoms with Gasteiger partial charge in [0.15, 0.2) is 11.0 Å². The zero-order valence-electron chi connectivity index (χ0n) is 16.7. The molecule has 2 aromatic carbocycles. The minimum Gasteiger partial charge on any atom is -0.465 e. The summed E-state index contributed by atoms with van der Waals surface area (Å²) in [6.07, 6.45) is 0. The normalized spacial score (nSPS) is 11.4. The van der Waals surface area contributed by atoms with Gasteiger partial charge in [0.2, 0.25) is 0 Å². The second-order valence-corrected chi connectivity index (χ2v) is 7.53. The van der Waals surface area contributed by atoms with Gasteiger partial charge in [0, 0.05) is 11.1 Å². The largest absolute Gasteiger partial charge is 0.465 e. The zero-order valence-corrected chi connectivity index (χ0v) is 17.5. The Bertz CT molecular complexity index is 1090. The zero-order chi connectivity index (χ0) is 21.5. The van der Waals surface area contributed by atoms with Crippen molar-refractivity contribution in [2.75, 3.05) is 6.61 Å². The Hall–Kier alpha value is -3.43. The minimum absolute atomic E-state index is 0.168. The van der Waals surface area contributed by atoms with Crippen molar-refractivity contribution >= 4 is 23.5 Å². The van der Waals surface area contributed by atoms with Crippen molar-refractivity contribution in [2.24, 2.45) is 0 Å². The molecule has 150 valence electrons. The van der Waals surface area contributed by atoms with Crippen LogP contribution in [0.4, 0.5) is 0 Å². The number of carbonyl (C=O) groups excluding carboxylic acids is 2. The summed E-state index contributed by atoms with van der Waals surface area (Å²) in [4.78, 5) is 29.1. The predicted octanol–water partition coefficient (Wildman–Crippen LogP) is 4.90. The highest BCUT2D eigenvalue weighted by Gasteiger charge is 2.29. The number of pyridine rings is 1. The Balaban J connectivity index is 2.19. The Morgan fingerprint density at radius 1 is 1.07 bits per heavy atom. The second kappa shape index (κ2) is 9.86. The van der Waals surface area contributed by atoms with Crippen molar-refractivity contribution in [1.29, 1.82) is 5.26 Å². The lowest BCUT2D eigenvalue weighted by atomic mass is 9.99. The molecule has 0 aliphatic rings. The van der Waals surface area contributed by atoms with Crippen molar-refractivity contribution in [3.63, 3.8) is 0 Å². The summed E-state index contributed by atoms with van der Waals surface area (Å²) in [7, 11) is 0. The number of hydrogen-bond acceptors (Lipinski definition) is 6. The fourth-order valence-corrected chi connectivity index (χ4v) is 3.92. The molecule has 0 bridgehead atoms. The minimum atomic E-state index is -1.08. The topological polar surface area (TPSA) is 80.0 Å². The Morgan fingerprint density at radius 3 is 2.20 bits per heavy atom. The average molecular weight is 417 g/mol. The van der Waals surface area contributed by atoms with Crippen LogP contribution in [0.15, 0.2) is 71.8 Å². The molecule has 1 atom stereocenters. The fraction of sp³-hybridized carbons (Fsp3) is 0.167. The van der Waals surface area contributed by atoms with Gasteiger partial charge in [-0.25, -0.2) is 4.98 Å². The Morgan fingerprint density at radius 2 is 1.67 bits per heavy atom. The molecule has 1 aromatic heterocycles. The van der Waals surface area contributed by atoms with E-state index >= 15 is 0 Å². The summed E-state index contributed by atoms with van der Waals surface area (Å²) in [6, 6.07) is 23.1. The van der Waals surface area contributed by atoms with Gasteiger partial charge in [-0.1, -0.05) is 72.4 Å². The third-order valence-corrected chi connectivity index (χ3v) is 5.63. The number of nitriles is 1. The van der Waals surface area contributed by atoms with E-state index in [0.717, 1.165) is 22.9 Å². The van der Waals surface area contributed by atoms with Gasteiger partial charge < -0.3 is 4.74 Å². The highest BCUT2D eigenvalue weighted by Crippen LogP contribution is 2.36. The quantitative estimate of drug-likeness (QED) is 0.310.